The van der Waals surface area contributed by atoms with Crippen LogP contribution in [0.5, 0.6) is 5.75 Å². The molecule has 0 spiro atoms. The van der Waals surface area contributed by atoms with Crippen LogP contribution in [0.15, 0.2) is 54.6 Å². The number of carbonyl (C=O) groups excluding carboxylic acids is 2. The summed E-state index contributed by atoms with van der Waals surface area (Å²) >= 11 is 0. The fraction of sp³-hybridized carbons (Fsp3) is 0.273. The summed E-state index contributed by atoms with van der Waals surface area (Å²) in [6, 6.07) is 12.7. The van der Waals surface area contributed by atoms with Crippen LogP contribution in [0.25, 0.3) is 6.08 Å². The molecule has 4 heteroatoms. The second-order valence-corrected chi connectivity index (χ2v) is 6.50. The Hall–Kier alpha value is -2.75. The van der Waals surface area contributed by atoms with Gasteiger partial charge in [-0.1, -0.05) is 37.5 Å². The molecule has 0 unspecified atom stereocenters. The van der Waals surface area contributed by atoms with Crippen molar-refractivity contribution in [1.82, 2.24) is 0 Å². The number of hydrogen-bond donors (Lipinski definition) is 0. The van der Waals surface area contributed by atoms with Gasteiger partial charge < -0.3 is 4.74 Å². The molecule has 0 bridgehead atoms. The highest BCUT2D eigenvalue weighted by atomic mass is 19.1. The van der Waals surface area contributed by atoms with Gasteiger partial charge >= 0.3 is 5.97 Å². The molecule has 1 fully saturated rings. The molecule has 0 heterocycles. The van der Waals surface area contributed by atoms with Crippen molar-refractivity contribution >= 4 is 17.8 Å². The molecule has 0 aliphatic heterocycles. The topological polar surface area (TPSA) is 43.4 Å². The fourth-order valence-corrected chi connectivity index (χ4v) is 3.10. The van der Waals surface area contributed by atoms with E-state index in [0.29, 0.717) is 16.9 Å². The van der Waals surface area contributed by atoms with Crippen molar-refractivity contribution in [3.8, 4) is 5.75 Å². The van der Waals surface area contributed by atoms with Crippen molar-refractivity contribution in [3.63, 3.8) is 0 Å². The first-order valence-electron chi connectivity index (χ1n) is 8.92. The molecule has 134 valence electrons. The summed E-state index contributed by atoms with van der Waals surface area (Å²) in [6.07, 6.45) is 7.88. The number of halogens is 1. The number of rotatable bonds is 5. The van der Waals surface area contributed by atoms with E-state index in [4.69, 9.17) is 4.74 Å². The molecule has 0 atom stereocenters. The van der Waals surface area contributed by atoms with Crippen molar-refractivity contribution in [2.75, 3.05) is 0 Å². The number of carbonyl (C=O) groups is 2. The normalized spacial score (nSPS) is 15.1. The lowest BCUT2D eigenvalue weighted by Gasteiger charge is -2.19. The molecule has 0 radical (unpaired) electrons. The molecule has 26 heavy (non-hydrogen) atoms. The summed E-state index contributed by atoms with van der Waals surface area (Å²) in [5.41, 5.74) is 0.814. The molecular formula is C22H21FO3. The lowest BCUT2D eigenvalue weighted by Crippen LogP contribution is -2.22. The maximum absolute atomic E-state index is 13.6. The van der Waals surface area contributed by atoms with Crippen molar-refractivity contribution < 1.29 is 18.7 Å². The number of ketones is 1. The Kier molecular flexibility index (Phi) is 5.95. The van der Waals surface area contributed by atoms with Crippen LogP contribution >= 0.6 is 0 Å². The second kappa shape index (κ2) is 8.56. The molecule has 0 saturated heterocycles. The van der Waals surface area contributed by atoms with Crippen LogP contribution in [0.4, 0.5) is 4.39 Å². The van der Waals surface area contributed by atoms with E-state index in [-0.39, 0.29) is 23.5 Å². The minimum atomic E-state index is -0.374. The Morgan fingerprint density at radius 2 is 1.65 bits per heavy atom. The zero-order valence-corrected chi connectivity index (χ0v) is 14.5. The van der Waals surface area contributed by atoms with Gasteiger partial charge in [0.2, 0.25) is 0 Å². The largest absolute Gasteiger partial charge is 0.426 e. The number of allylic oxidation sites excluding steroid dienone is 1. The van der Waals surface area contributed by atoms with Crippen molar-refractivity contribution in [1.29, 1.82) is 0 Å². The van der Waals surface area contributed by atoms with Crippen molar-refractivity contribution in [3.05, 3.63) is 71.6 Å². The minimum absolute atomic E-state index is 0.0197. The molecule has 0 N–H and O–H groups in total. The van der Waals surface area contributed by atoms with Gasteiger partial charge in [0.15, 0.2) is 5.78 Å². The van der Waals surface area contributed by atoms with Crippen LogP contribution < -0.4 is 4.74 Å². The van der Waals surface area contributed by atoms with E-state index < -0.39 is 0 Å². The van der Waals surface area contributed by atoms with Gasteiger partial charge in [-0.05, 0) is 55.3 Å². The zero-order chi connectivity index (χ0) is 18.4. The summed E-state index contributed by atoms with van der Waals surface area (Å²) in [6.45, 7) is 0. The predicted molar refractivity (Wildman–Crippen MR) is 98.4 cm³/mol. The van der Waals surface area contributed by atoms with E-state index in [0.717, 1.165) is 25.7 Å². The van der Waals surface area contributed by atoms with Gasteiger partial charge in [0.05, 0.1) is 5.92 Å². The Labute approximate surface area is 152 Å². The van der Waals surface area contributed by atoms with Gasteiger partial charge in [0, 0.05) is 11.1 Å². The summed E-state index contributed by atoms with van der Waals surface area (Å²) in [5.74, 6) is -0.382. The average molecular weight is 352 g/mol. The first-order chi connectivity index (χ1) is 12.6. The summed E-state index contributed by atoms with van der Waals surface area (Å²) in [4.78, 5) is 24.3. The van der Waals surface area contributed by atoms with Crippen LogP contribution in [0, 0.1) is 11.7 Å². The molecule has 2 aromatic rings. The lowest BCUT2D eigenvalue weighted by molar-refractivity contribution is -0.139. The quantitative estimate of drug-likeness (QED) is 0.321. The highest BCUT2D eigenvalue weighted by Crippen LogP contribution is 2.25. The second-order valence-electron chi connectivity index (χ2n) is 6.50. The number of ether oxygens (including phenoxy) is 1. The predicted octanol–water partition coefficient (Wildman–Crippen LogP) is 5.21. The summed E-state index contributed by atoms with van der Waals surface area (Å²) in [5, 5.41) is 0. The maximum atomic E-state index is 13.6. The third kappa shape index (κ3) is 4.66. The molecule has 3 rings (SSSR count). The fourth-order valence-electron chi connectivity index (χ4n) is 3.10. The molecule has 1 aliphatic rings. The van der Waals surface area contributed by atoms with E-state index in [2.05, 4.69) is 0 Å². The SMILES string of the molecule is O=C(C=Cc1ccccc1F)c1ccc(OC(=O)C2CCCCC2)cc1. The summed E-state index contributed by atoms with van der Waals surface area (Å²) in [7, 11) is 0. The lowest BCUT2D eigenvalue weighted by atomic mass is 9.89. The third-order valence-corrected chi connectivity index (χ3v) is 4.62. The van der Waals surface area contributed by atoms with Crippen molar-refractivity contribution in [2.24, 2.45) is 5.92 Å². The number of esters is 1. The molecule has 2 aromatic carbocycles. The molecular weight excluding hydrogens is 331 g/mol. The van der Waals surface area contributed by atoms with Gasteiger partial charge in [0.1, 0.15) is 11.6 Å². The van der Waals surface area contributed by atoms with E-state index in [1.54, 1.807) is 42.5 Å². The zero-order valence-electron chi connectivity index (χ0n) is 14.5. The van der Waals surface area contributed by atoms with E-state index in [1.807, 2.05) is 0 Å². The molecule has 0 aromatic heterocycles. The first-order valence-corrected chi connectivity index (χ1v) is 8.92. The molecule has 1 saturated carbocycles. The Morgan fingerprint density at radius 1 is 0.962 bits per heavy atom. The first kappa shape index (κ1) is 18.1. The molecule has 0 amide bonds. The Bertz CT molecular complexity index is 802. The monoisotopic (exact) mass is 352 g/mol. The molecule has 1 aliphatic carbocycles. The van der Waals surface area contributed by atoms with Crippen LogP contribution in [0.2, 0.25) is 0 Å². The Morgan fingerprint density at radius 3 is 2.35 bits per heavy atom. The van der Waals surface area contributed by atoms with Gasteiger partial charge in [-0.15, -0.1) is 0 Å². The molecule has 3 nitrogen and oxygen atoms in total. The smallest absolute Gasteiger partial charge is 0.314 e. The third-order valence-electron chi connectivity index (χ3n) is 4.62. The standard InChI is InChI=1S/C22H21FO3/c23-20-9-5-4-6-16(20)12-15-21(24)17-10-13-19(14-11-17)26-22(25)18-7-2-1-3-8-18/h4-6,9-15,18H,1-3,7-8H2. The van der Waals surface area contributed by atoms with Crippen LogP contribution in [0.1, 0.15) is 48.0 Å². The van der Waals surface area contributed by atoms with Crippen LogP contribution in [-0.2, 0) is 4.79 Å². The summed E-state index contributed by atoms with van der Waals surface area (Å²) < 4.78 is 19.0. The van der Waals surface area contributed by atoms with Gasteiger partial charge in [-0.2, -0.15) is 0 Å². The van der Waals surface area contributed by atoms with Crippen LogP contribution in [-0.4, -0.2) is 11.8 Å². The van der Waals surface area contributed by atoms with Crippen molar-refractivity contribution in [2.45, 2.75) is 32.1 Å². The average Bonchev–Trinajstić information content (AvgIpc) is 2.68. The van der Waals surface area contributed by atoms with Crippen LogP contribution in [0.3, 0.4) is 0 Å². The minimum Gasteiger partial charge on any atom is -0.426 e. The van der Waals surface area contributed by atoms with Gasteiger partial charge in [-0.25, -0.2) is 4.39 Å². The van der Waals surface area contributed by atoms with E-state index >= 15 is 0 Å². The number of benzene rings is 2. The Balaban J connectivity index is 1.60. The van der Waals surface area contributed by atoms with Gasteiger partial charge in [0.25, 0.3) is 0 Å². The number of hydrogen-bond acceptors (Lipinski definition) is 3. The highest BCUT2D eigenvalue weighted by Gasteiger charge is 2.22. The van der Waals surface area contributed by atoms with Gasteiger partial charge in [-0.3, -0.25) is 9.59 Å². The highest BCUT2D eigenvalue weighted by molar-refractivity contribution is 6.06. The van der Waals surface area contributed by atoms with E-state index in [1.165, 1.54) is 24.6 Å². The maximum Gasteiger partial charge on any atom is 0.314 e. The van der Waals surface area contributed by atoms with E-state index in [9.17, 15) is 14.0 Å².